The fourth-order valence-corrected chi connectivity index (χ4v) is 3.46. The second kappa shape index (κ2) is 5.83. The summed E-state index contributed by atoms with van der Waals surface area (Å²) in [6, 6.07) is 9.02. The Hall–Kier alpha value is -1.92. The molecule has 0 atom stereocenters. The highest BCUT2D eigenvalue weighted by molar-refractivity contribution is 7.89. The summed E-state index contributed by atoms with van der Waals surface area (Å²) in [4.78, 5) is 4.25. The minimum Gasteiger partial charge on any atom is -0.384 e. The van der Waals surface area contributed by atoms with Gasteiger partial charge in [0.2, 0.25) is 10.0 Å². The van der Waals surface area contributed by atoms with E-state index in [9.17, 15) is 8.42 Å². The molecule has 0 radical (unpaired) electrons. The van der Waals surface area contributed by atoms with E-state index in [1.54, 1.807) is 24.5 Å². The summed E-state index contributed by atoms with van der Waals surface area (Å²) in [6.07, 6.45) is 5.00. The van der Waals surface area contributed by atoms with E-state index >= 15 is 0 Å². The highest BCUT2D eigenvalue weighted by Crippen LogP contribution is 2.25. The maximum absolute atomic E-state index is 12.3. The maximum atomic E-state index is 12.3. The van der Waals surface area contributed by atoms with E-state index in [1.807, 2.05) is 18.2 Å². The molecule has 0 saturated carbocycles. The molecule has 0 bridgehead atoms. The number of anilines is 1. The van der Waals surface area contributed by atoms with Crippen LogP contribution in [-0.4, -0.2) is 26.5 Å². The third kappa shape index (κ3) is 3.22. The highest BCUT2D eigenvalue weighted by atomic mass is 32.2. The summed E-state index contributed by atoms with van der Waals surface area (Å²) in [5.74, 6) is 0. The van der Waals surface area contributed by atoms with Crippen LogP contribution < -0.4 is 10.0 Å². The lowest BCUT2D eigenvalue weighted by atomic mass is 10.2. The van der Waals surface area contributed by atoms with Gasteiger partial charge < -0.3 is 5.32 Å². The average molecular weight is 303 g/mol. The van der Waals surface area contributed by atoms with E-state index in [0.717, 1.165) is 24.2 Å². The normalized spacial score (nSPS) is 13.7. The summed E-state index contributed by atoms with van der Waals surface area (Å²) in [5, 5.41) is 3.20. The van der Waals surface area contributed by atoms with Crippen molar-refractivity contribution in [1.82, 2.24) is 9.71 Å². The Labute approximate surface area is 124 Å². The number of benzene rings is 1. The van der Waals surface area contributed by atoms with Crippen molar-refractivity contribution in [2.75, 3.05) is 18.4 Å². The molecule has 2 N–H and O–H groups in total. The molecule has 1 aromatic heterocycles. The molecule has 0 fully saturated rings. The first kappa shape index (κ1) is 14.0. The van der Waals surface area contributed by atoms with Crippen LogP contribution in [0.2, 0.25) is 0 Å². The zero-order chi connectivity index (χ0) is 14.7. The van der Waals surface area contributed by atoms with Gasteiger partial charge in [-0.1, -0.05) is 6.07 Å². The molecule has 5 nitrogen and oxygen atoms in total. The second-order valence-electron chi connectivity index (χ2n) is 5.00. The molecule has 0 aliphatic carbocycles. The van der Waals surface area contributed by atoms with Crippen LogP contribution in [0.1, 0.15) is 11.1 Å². The molecular weight excluding hydrogens is 286 g/mol. The van der Waals surface area contributed by atoms with E-state index in [4.69, 9.17) is 0 Å². The smallest absolute Gasteiger partial charge is 0.240 e. The van der Waals surface area contributed by atoms with Crippen LogP contribution >= 0.6 is 0 Å². The molecular formula is C15H17N3O2S. The van der Waals surface area contributed by atoms with Gasteiger partial charge in [0.05, 0.1) is 4.90 Å². The van der Waals surface area contributed by atoms with Crippen molar-refractivity contribution in [2.45, 2.75) is 17.7 Å². The Morgan fingerprint density at radius 1 is 1.19 bits per heavy atom. The van der Waals surface area contributed by atoms with Crippen LogP contribution in [0.4, 0.5) is 5.69 Å². The van der Waals surface area contributed by atoms with Gasteiger partial charge in [0, 0.05) is 31.2 Å². The fraction of sp³-hybridized carbons (Fsp3) is 0.267. The number of hydrogen-bond acceptors (Lipinski definition) is 4. The molecule has 6 heteroatoms. The molecule has 21 heavy (non-hydrogen) atoms. The fourth-order valence-electron chi connectivity index (χ4n) is 2.40. The Morgan fingerprint density at radius 3 is 2.81 bits per heavy atom. The lowest BCUT2D eigenvalue weighted by Crippen LogP contribution is -2.26. The number of rotatable bonds is 5. The first-order valence-electron chi connectivity index (χ1n) is 6.90. The van der Waals surface area contributed by atoms with E-state index < -0.39 is 10.0 Å². The predicted octanol–water partition coefficient (Wildman–Crippen LogP) is 1.57. The van der Waals surface area contributed by atoms with E-state index in [1.165, 1.54) is 5.56 Å². The Kier molecular flexibility index (Phi) is 3.90. The molecule has 2 heterocycles. The molecule has 0 saturated heterocycles. The Morgan fingerprint density at radius 2 is 2.00 bits per heavy atom. The van der Waals surface area contributed by atoms with Gasteiger partial charge in [0.25, 0.3) is 0 Å². The second-order valence-corrected chi connectivity index (χ2v) is 6.77. The lowest BCUT2D eigenvalue weighted by Gasteiger charge is -2.08. The summed E-state index contributed by atoms with van der Waals surface area (Å²) in [5.41, 5.74) is 3.15. The van der Waals surface area contributed by atoms with Gasteiger partial charge in [-0.05, 0) is 48.2 Å². The molecule has 110 valence electrons. The summed E-state index contributed by atoms with van der Waals surface area (Å²) < 4.78 is 27.2. The van der Waals surface area contributed by atoms with Crippen molar-refractivity contribution < 1.29 is 8.42 Å². The SMILES string of the molecule is O=S(=O)(NCCc1ccncc1)c1ccc2c(c1)NCC2. The van der Waals surface area contributed by atoms with Crippen LogP contribution in [-0.2, 0) is 22.9 Å². The molecule has 1 aromatic carbocycles. The zero-order valence-electron chi connectivity index (χ0n) is 11.5. The van der Waals surface area contributed by atoms with Crippen molar-refractivity contribution in [2.24, 2.45) is 0 Å². The molecule has 0 spiro atoms. The number of aromatic nitrogens is 1. The molecule has 2 aromatic rings. The quantitative estimate of drug-likeness (QED) is 0.879. The van der Waals surface area contributed by atoms with Crippen molar-refractivity contribution >= 4 is 15.7 Å². The lowest BCUT2D eigenvalue weighted by molar-refractivity contribution is 0.581. The first-order chi connectivity index (χ1) is 10.1. The minimum atomic E-state index is -3.46. The third-order valence-corrected chi connectivity index (χ3v) is 5.02. The van der Waals surface area contributed by atoms with Gasteiger partial charge in [-0.25, -0.2) is 13.1 Å². The minimum absolute atomic E-state index is 0.311. The van der Waals surface area contributed by atoms with Gasteiger partial charge in [-0.2, -0.15) is 0 Å². The largest absolute Gasteiger partial charge is 0.384 e. The predicted molar refractivity (Wildman–Crippen MR) is 81.8 cm³/mol. The summed E-state index contributed by atoms with van der Waals surface area (Å²) in [7, 11) is -3.46. The van der Waals surface area contributed by atoms with Crippen LogP contribution in [0, 0.1) is 0 Å². The van der Waals surface area contributed by atoms with Gasteiger partial charge in [0.1, 0.15) is 0 Å². The number of hydrogen-bond donors (Lipinski definition) is 2. The van der Waals surface area contributed by atoms with Gasteiger partial charge in [-0.3, -0.25) is 4.98 Å². The number of nitrogens with one attached hydrogen (secondary N) is 2. The van der Waals surface area contributed by atoms with E-state index in [-0.39, 0.29) is 0 Å². The topological polar surface area (TPSA) is 71.1 Å². The van der Waals surface area contributed by atoms with Crippen molar-refractivity contribution in [3.63, 3.8) is 0 Å². The number of sulfonamides is 1. The number of nitrogens with zero attached hydrogens (tertiary/aromatic N) is 1. The molecule has 3 rings (SSSR count). The zero-order valence-corrected chi connectivity index (χ0v) is 12.4. The third-order valence-electron chi connectivity index (χ3n) is 3.56. The van der Waals surface area contributed by atoms with E-state index in [2.05, 4.69) is 15.0 Å². The van der Waals surface area contributed by atoms with Crippen LogP contribution in [0.15, 0.2) is 47.6 Å². The van der Waals surface area contributed by atoms with Crippen molar-refractivity contribution in [3.05, 3.63) is 53.9 Å². The van der Waals surface area contributed by atoms with Gasteiger partial charge in [-0.15, -0.1) is 0 Å². The van der Waals surface area contributed by atoms with E-state index in [0.29, 0.717) is 17.9 Å². The highest BCUT2D eigenvalue weighted by Gasteiger charge is 2.17. The molecule has 1 aliphatic heterocycles. The number of fused-ring (bicyclic) bond motifs is 1. The summed E-state index contributed by atoms with van der Waals surface area (Å²) >= 11 is 0. The first-order valence-corrected chi connectivity index (χ1v) is 8.39. The van der Waals surface area contributed by atoms with Crippen molar-refractivity contribution in [3.8, 4) is 0 Å². The van der Waals surface area contributed by atoms with Gasteiger partial charge >= 0.3 is 0 Å². The molecule has 1 aliphatic rings. The average Bonchev–Trinajstić information content (AvgIpc) is 2.95. The van der Waals surface area contributed by atoms with Crippen LogP contribution in [0.3, 0.4) is 0 Å². The summed E-state index contributed by atoms with van der Waals surface area (Å²) in [6.45, 7) is 1.24. The monoisotopic (exact) mass is 303 g/mol. The Bertz CT molecular complexity index is 730. The number of pyridine rings is 1. The molecule has 0 unspecified atom stereocenters. The standard InChI is InChI=1S/C15H17N3O2S/c19-21(20,18-10-5-12-3-7-16-8-4-12)14-2-1-13-6-9-17-15(13)11-14/h1-4,7-8,11,17-18H,5-6,9-10H2. The Balaban J connectivity index is 1.67. The van der Waals surface area contributed by atoms with Gasteiger partial charge in [0.15, 0.2) is 0 Å². The maximum Gasteiger partial charge on any atom is 0.240 e. The van der Waals surface area contributed by atoms with Crippen molar-refractivity contribution in [1.29, 1.82) is 0 Å². The van der Waals surface area contributed by atoms with Crippen LogP contribution in [0.25, 0.3) is 0 Å². The van der Waals surface area contributed by atoms with Crippen LogP contribution in [0.5, 0.6) is 0 Å². The molecule has 0 amide bonds.